The summed E-state index contributed by atoms with van der Waals surface area (Å²) in [5.74, 6) is -0.238. The highest BCUT2D eigenvalue weighted by Crippen LogP contribution is 2.34. The standard InChI is InChI=1S/C16H30N2O3/c1-4-7-14(5-2)17-15(19)18-9-6-8-13(12-18)16(3)20-10-11-21-16/h13-14H,4-12H2,1-3H3,(H,17,19)/t13-,14-/m0/s1. The lowest BCUT2D eigenvalue weighted by molar-refractivity contribution is -0.189. The van der Waals surface area contributed by atoms with Gasteiger partial charge in [0.05, 0.1) is 13.2 Å². The minimum absolute atomic E-state index is 0.0709. The molecule has 2 amide bonds. The largest absolute Gasteiger partial charge is 0.347 e. The molecular weight excluding hydrogens is 268 g/mol. The van der Waals surface area contributed by atoms with E-state index >= 15 is 0 Å². The maximum absolute atomic E-state index is 12.4. The third-order valence-corrected chi connectivity index (χ3v) is 4.77. The Bertz CT molecular complexity index is 342. The zero-order valence-electron chi connectivity index (χ0n) is 13.7. The van der Waals surface area contributed by atoms with E-state index in [1.807, 2.05) is 11.8 Å². The van der Waals surface area contributed by atoms with Crippen LogP contribution in [0.3, 0.4) is 0 Å². The monoisotopic (exact) mass is 298 g/mol. The van der Waals surface area contributed by atoms with Gasteiger partial charge >= 0.3 is 6.03 Å². The average Bonchev–Trinajstić information content (AvgIpc) is 2.95. The Balaban J connectivity index is 1.89. The summed E-state index contributed by atoms with van der Waals surface area (Å²) >= 11 is 0. The number of likely N-dealkylation sites (tertiary alicyclic amines) is 1. The van der Waals surface area contributed by atoms with Gasteiger partial charge in [-0.1, -0.05) is 20.3 Å². The number of rotatable bonds is 5. The van der Waals surface area contributed by atoms with Gasteiger partial charge in [-0.2, -0.15) is 0 Å². The lowest BCUT2D eigenvalue weighted by Crippen LogP contribution is -2.52. The number of carbonyl (C=O) groups excluding carboxylic acids is 1. The SMILES string of the molecule is CCC[C@H](CC)NC(=O)N1CCC[C@H](C2(C)OCCO2)C1. The highest BCUT2D eigenvalue weighted by atomic mass is 16.7. The molecule has 0 spiro atoms. The number of urea groups is 1. The Hall–Kier alpha value is -0.810. The van der Waals surface area contributed by atoms with Crippen molar-refractivity contribution < 1.29 is 14.3 Å². The molecular formula is C16H30N2O3. The molecule has 0 aromatic carbocycles. The van der Waals surface area contributed by atoms with Crippen LogP contribution >= 0.6 is 0 Å². The van der Waals surface area contributed by atoms with Gasteiger partial charge in [-0.3, -0.25) is 0 Å². The molecule has 21 heavy (non-hydrogen) atoms. The molecule has 2 atom stereocenters. The fourth-order valence-electron chi connectivity index (χ4n) is 3.35. The Morgan fingerprint density at radius 2 is 2.10 bits per heavy atom. The summed E-state index contributed by atoms with van der Waals surface area (Å²) in [6.07, 6.45) is 5.21. The number of hydrogen-bond acceptors (Lipinski definition) is 3. The maximum atomic E-state index is 12.4. The Labute approximate surface area is 128 Å². The highest BCUT2D eigenvalue weighted by Gasteiger charge is 2.42. The van der Waals surface area contributed by atoms with Crippen LogP contribution in [-0.2, 0) is 9.47 Å². The summed E-state index contributed by atoms with van der Waals surface area (Å²) in [7, 11) is 0. The summed E-state index contributed by atoms with van der Waals surface area (Å²) in [5.41, 5.74) is 0. The predicted octanol–water partition coefficient (Wildman–Crippen LogP) is 2.75. The Kier molecular flexibility index (Phi) is 5.88. The molecule has 0 aromatic rings. The minimum Gasteiger partial charge on any atom is -0.347 e. The summed E-state index contributed by atoms with van der Waals surface area (Å²) < 4.78 is 11.5. The van der Waals surface area contributed by atoms with Crippen LogP contribution in [0, 0.1) is 5.92 Å². The first-order valence-electron chi connectivity index (χ1n) is 8.42. The number of ether oxygens (including phenoxy) is 2. The molecule has 5 heteroatoms. The molecule has 1 N–H and O–H groups in total. The van der Waals surface area contributed by atoms with Crippen LogP contribution < -0.4 is 5.32 Å². The van der Waals surface area contributed by atoms with Gasteiger partial charge in [0.2, 0.25) is 0 Å². The second-order valence-corrected chi connectivity index (χ2v) is 6.34. The molecule has 2 aliphatic rings. The summed E-state index contributed by atoms with van der Waals surface area (Å²) in [6, 6.07) is 0.360. The van der Waals surface area contributed by atoms with Crippen LogP contribution in [-0.4, -0.2) is 49.1 Å². The Morgan fingerprint density at radius 1 is 1.38 bits per heavy atom. The zero-order chi connectivity index (χ0) is 15.3. The van der Waals surface area contributed by atoms with E-state index in [1.165, 1.54) is 0 Å². The number of amides is 2. The molecule has 0 unspecified atom stereocenters. The molecule has 2 heterocycles. The molecule has 2 aliphatic heterocycles. The van der Waals surface area contributed by atoms with E-state index in [0.717, 1.165) is 45.2 Å². The number of hydrogen-bond donors (Lipinski definition) is 1. The van der Waals surface area contributed by atoms with E-state index in [4.69, 9.17) is 9.47 Å². The number of piperidine rings is 1. The normalized spacial score (nSPS) is 26.6. The molecule has 0 saturated carbocycles. The lowest BCUT2D eigenvalue weighted by atomic mass is 9.90. The predicted molar refractivity (Wildman–Crippen MR) is 82.1 cm³/mol. The van der Waals surface area contributed by atoms with Gasteiger partial charge in [0.15, 0.2) is 5.79 Å². The van der Waals surface area contributed by atoms with Crippen LogP contribution in [0.1, 0.15) is 52.9 Å². The first kappa shape index (κ1) is 16.6. The van der Waals surface area contributed by atoms with Crippen molar-refractivity contribution in [1.29, 1.82) is 0 Å². The topological polar surface area (TPSA) is 50.8 Å². The third kappa shape index (κ3) is 4.10. The highest BCUT2D eigenvalue weighted by molar-refractivity contribution is 5.74. The van der Waals surface area contributed by atoms with E-state index in [-0.39, 0.29) is 18.0 Å². The van der Waals surface area contributed by atoms with Gasteiger partial charge in [0.25, 0.3) is 0 Å². The fraction of sp³-hybridized carbons (Fsp3) is 0.938. The van der Waals surface area contributed by atoms with Crippen molar-refractivity contribution in [2.45, 2.75) is 64.7 Å². The van der Waals surface area contributed by atoms with Crippen LogP contribution in [0.4, 0.5) is 4.79 Å². The van der Waals surface area contributed by atoms with E-state index < -0.39 is 5.79 Å². The van der Waals surface area contributed by atoms with Crippen LogP contribution in [0.25, 0.3) is 0 Å². The molecule has 2 rings (SSSR count). The third-order valence-electron chi connectivity index (χ3n) is 4.77. The molecule has 2 fully saturated rings. The van der Waals surface area contributed by atoms with Gasteiger partial charge in [0.1, 0.15) is 0 Å². The van der Waals surface area contributed by atoms with Crippen molar-refractivity contribution in [3.05, 3.63) is 0 Å². The van der Waals surface area contributed by atoms with E-state index in [2.05, 4.69) is 19.2 Å². The maximum Gasteiger partial charge on any atom is 0.317 e. The smallest absolute Gasteiger partial charge is 0.317 e. The van der Waals surface area contributed by atoms with E-state index in [0.29, 0.717) is 13.2 Å². The van der Waals surface area contributed by atoms with Gasteiger partial charge in [-0.25, -0.2) is 4.79 Å². The van der Waals surface area contributed by atoms with E-state index in [1.54, 1.807) is 0 Å². The summed E-state index contributed by atoms with van der Waals surface area (Å²) in [4.78, 5) is 14.4. The van der Waals surface area contributed by atoms with Crippen LogP contribution in [0.2, 0.25) is 0 Å². The van der Waals surface area contributed by atoms with E-state index in [9.17, 15) is 4.79 Å². The van der Waals surface area contributed by atoms with Gasteiger partial charge in [0, 0.05) is 25.0 Å². The lowest BCUT2D eigenvalue weighted by Gasteiger charge is -2.40. The summed E-state index contributed by atoms with van der Waals surface area (Å²) in [6.45, 7) is 9.17. The molecule has 5 nitrogen and oxygen atoms in total. The molecule has 2 saturated heterocycles. The quantitative estimate of drug-likeness (QED) is 0.849. The molecule has 122 valence electrons. The van der Waals surface area contributed by atoms with Crippen molar-refractivity contribution in [1.82, 2.24) is 10.2 Å². The van der Waals surface area contributed by atoms with Crippen LogP contribution in [0.5, 0.6) is 0 Å². The second-order valence-electron chi connectivity index (χ2n) is 6.34. The first-order valence-corrected chi connectivity index (χ1v) is 8.42. The van der Waals surface area contributed by atoms with Crippen molar-refractivity contribution in [2.75, 3.05) is 26.3 Å². The van der Waals surface area contributed by atoms with Gasteiger partial charge in [-0.05, 0) is 32.6 Å². The molecule has 0 aromatic heterocycles. The van der Waals surface area contributed by atoms with Crippen molar-refractivity contribution in [3.8, 4) is 0 Å². The summed E-state index contributed by atoms with van der Waals surface area (Å²) in [5, 5.41) is 3.17. The number of nitrogens with one attached hydrogen (secondary N) is 1. The fourth-order valence-corrected chi connectivity index (χ4v) is 3.35. The van der Waals surface area contributed by atoms with Crippen molar-refractivity contribution in [3.63, 3.8) is 0 Å². The number of carbonyl (C=O) groups is 1. The van der Waals surface area contributed by atoms with Crippen LogP contribution in [0.15, 0.2) is 0 Å². The van der Waals surface area contributed by atoms with Gasteiger partial charge < -0.3 is 19.7 Å². The number of nitrogens with zero attached hydrogens (tertiary/aromatic N) is 1. The zero-order valence-corrected chi connectivity index (χ0v) is 13.7. The molecule has 0 bridgehead atoms. The molecule has 0 radical (unpaired) electrons. The Morgan fingerprint density at radius 3 is 2.71 bits per heavy atom. The molecule has 0 aliphatic carbocycles. The van der Waals surface area contributed by atoms with Crippen molar-refractivity contribution in [2.24, 2.45) is 5.92 Å². The average molecular weight is 298 g/mol. The van der Waals surface area contributed by atoms with Crippen molar-refractivity contribution >= 4 is 6.03 Å². The van der Waals surface area contributed by atoms with Gasteiger partial charge in [-0.15, -0.1) is 0 Å². The second kappa shape index (κ2) is 7.45. The first-order chi connectivity index (χ1) is 10.1. The minimum atomic E-state index is -0.507.